The second-order valence-electron chi connectivity index (χ2n) is 4.69. The van der Waals surface area contributed by atoms with Gasteiger partial charge in [0.25, 0.3) is 0 Å². The summed E-state index contributed by atoms with van der Waals surface area (Å²) in [6, 6.07) is 3.14. The molecule has 1 saturated heterocycles. The van der Waals surface area contributed by atoms with Crippen molar-refractivity contribution in [1.82, 2.24) is 10.3 Å². The zero-order chi connectivity index (χ0) is 13.8. The van der Waals surface area contributed by atoms with E-state index in [0.29, 0.717) is 12.4 Å². The molecule has 1 aliphatic heterocycles. The van der Waals surface area contributed by atoms with Crippen LogP contribution >= 0.6 is 0 Å². The number of aromatic carboxylic acids is 1. The Bertz CT molecular complexity index is 490. The summed E-state index contributed by atoms with van der Waals surface area (Å²) < 4.78 is 0. The van der Waals surface area contributed by atoms with Crippen molar-refractivity contribution in [2.45, 2.75) is 25.8 Å². The van der Waals surface area contributed by atoms with Crippen molar-refractivity contribution in [1.29, 1.82) is 0 Å². The van der Waals surface area contributed by atoms with E-state index in [1.165, 1.54) is 19.2 Å². The molecule has 1 aromatic rings. The molecule has 2 heterocycles. The van der Waals surface area contributed by atoms with E-state index in [0.717, 1.165) is 19.4 Å². The normalized spacial score (nSPS) is 19.0. The molecule has 1 amide bonds. The molecule has 1 atom stereocenters. The van der Waals surface area contributed by atoms with Crippen LogP contribution in [0.4, 0.5) is 5.82 Å². The number of carbonyl (C=O) groups excluding carboxylic acids is 1. The van der Waals surface area contributed by atoms with Gasteiger partial charge in [0.15, 0.2) is 0 Å². The number of carboxylic acids is 1. The number of amides is 1. The quantitative estimate of drug-likeness (QED) is 0.846. The Morgan fingerprint density at radius 1 is 1.53 bits per heavy atom. The van der Waals surface area contributed by atoms with Crippen LogP contribution in [0, 0.1) is 0 Å². The molecule has 2 rings (SSSR count). The van der Waals surface area contributed by atoms with Crippen molar-refractivity contribution in [3.8, 4) is 0 Å². The Morgan fingerprint density at radius 2 is 2.32 bits per heavy atom. The summed E-state index contributed by atoms with van der Waals surface area (Å²) in [7, 11) is 0. The summed E-state index contributed by atoms with van der Waals surface area (Å²) in [5.74, 6) is -0.354. The van der Waals surface area contributed by atoms with Crippen molar-refractivity contribution in [3.05, 3.63) is 23.9 Å². The fourth-order valence-electron chi connectivity index (χ4n) is 2.31. The lowest BCUT2D eigenvalue weighted by Gasteiger charge is -2.33. The minimum atomic E-state index is -0.959. The van der Waals surface area contributed by atoms with E-state index in [-0.39, 0.29) is 17.5 Å². The van der Waals surface area contributed by atoms with Crippen molar-refractivity contribution >= 4 is 17.7 Å². The average Bonchev–Trinajstić information content (AvgIpc) is 2.38. The van der Waals surface area contributed by atoms with Crippen molar-refractivity contribution in [3.63, 3.8) is 0 Å². The van der Waals surface area contributed by atoms with E-state index in [1.807, 2.05) is 4.90 Å². The minimum Gasteiger partial charge on any atom is -0.478 e. The lowest BCUT2D eigenvalue weighted by molar-refractivity contribution is -0.119. The molecule has 2 N–H and O–H groups in total. The number of rotatable bonds is 3. The number of aromatic nitrogens is 1. The second kappa shape index (κ2) is 5.69. The zero-order valence-corrected chi connectivity index (χ0v) is 10.8. The summed E-state index contributed by atoms with van der Waals surface area (Å²) in [5.41, 5.74) is 0.228. The van der Waals surface area contributed by atoms with Gasteiger partial charge in [-0.1, -0.05) is 0 Å². The molecule has 0 bridgehead atoms. The van der Waals surface area contributed by atoms with Gasteiger partial charge >= 0.3 is 5.97 Å². The fourth-order valence-corrected chi connectivity index (χ4v) is 2.31. The van der Waals surface area contributed by atoms with Gasteiger partial charge in [-0.2, -0.15) is 0 Å². The largest absolute Gasteiger partial charge is 0.478 e. The molecule has 19 heavy (non-hydrogen) atoms. The van der Waals surface area contributed by atoms with Crippen molar-refractivity contribution in [2.75, 3.05) is 18.0 Å². The smallest absolute Gasteiger partial charge is 0.335 e. The van der Waals surface area contributed by atoms with Crippen LogP contribution in [0.2, 0.25) is 0 Å². The number of anilines is 1. The topological polar surface area (TPSA) is 82.5 Å². The summed E-state index contributed by atoms with van der Waals surface area (Å²) in [6.45, 7) is 2.99. The van der Waals surface area contributed by atoms with Crippen molar-refractivity contribution < 1.29 is 14.7 Å². The van der Waals surface area contributed by atoms with Crippen LogP contribution in [0.5, 0.6) is 0 Å². The molecular formula is C13H17N3O3. The number of hydrogen-bond donors (Lipinski definition) is 2. The minimum absolute atomic E-state index is 0.0425. The Morgan fingerprint density at radius 3 is 3.00 bits per heavy atom. The fraction of sp³-hybridized carbons (Fsp3) is 0.462. The summed E-state index contributed by atoms with van der Waals surface area (Å²) in [5, 5.41) is 11.9. The van der Waals surface area contributed by atoms with Crippen LogP contribution in [0.15, 0.2) is 18.3 Å². The first-order valence-corrected chi connectivity index (χ1v) is 6.27. The Labute approximate surface area is 111 Å². The van der Waals surface area contributed by atoms with E-state index in [4.69, 9.17) is 5.11 Å². The third-order valence-electron chi connectivity index (χ3n) is 3.15. The van der Waals surface area contributed by atoms with Gasteiger partial charge in [0.1, 0.15) is 5.82 Å². The van der Waals surface area contributed by atoms with E-state index in [1.54, 1.807) is 6.07 Å². The molecule has 0 radical (unpaired) electrons. The maximum Gasteiger partial charge on any atom is 0.335 e. The molecule has 1 aliphatic rings. The Kier molecular flexibility index (Phi) is 3.99. The highest BCUT2D eigenvalue weighted by Crippen LogP contribution is 2.18. The first-order chi connectivity index (χ1) is 9.06. The Hall–Kier alpha value is -2.11. The van der Waals surface area contributed by atoms with Gasteiger partial charge in [-0.15, -0.1) is 0 Å². The third-order valence-corrected chi connectivity index (χ3v) is 3.15. The first-order valence-electron chi connectivity index (χ1n) is 6.27. The van der Waals surface area contributed by atoms with Crippen LogP contribution in [0.3, 0.4) is 0 Å². The van der Waals surface area contributed by atoms with Crippen LogP contribution in [-0.4, -0.2) is 41.1 Å². The lowest BCUT2D eigenvalue weighted by atomic mass is 10.1. The number of pyridine rings is 1. The summed E-state index contributed by atoms with van der Waals surface area (Å²) in [6.07, 6.45) is 3.39. The molecule has 1 aromatic heterocycles. The van der Waals surface area contributed by atoms with Crippen LogP contribution in [0.25, 0.3) is 0 Å². The number of piperidine rings is 1. The molecule has 0 spiro atoms. The predicted molar refractivity (Wildman–Crippen MR) is 70.2 cm³/mol. The summed E-state index contributed by atoms with van der Waals surface area (Å²) >= 11 is 0. The highest BCUT2D eigenvalue weighted by atomic mass is 16.4. The third kappa shape index (κ3) is 3.43. The standard InChI is InChI=1S/C13H17N3O3/c1-9(17)15-11-3-2-6-16(8-11)12-7-10(13(18)19)4-5-14-12/h4-5,7,11H,2-3,6,8H2,1H3,(H,15,17)(H,18,19). The van der Waals surface area contributed by atoms with E-state index < -0.39 is 5.97 Å². The highest BCUT2D eigenvalue weighted by Gasteiger charge is 2.21. The second-order valence-corrected chi connectivity index (χ2v) is 4.69. The molecule has 0 saturated carbocycles. The first kappa shape index (κ1) is 13.3. The number of carboxylic acid groups (broad SMARTS) is 1. The van der Waals surface area contributed by atoms with Gasteiger partial charge in [0.05, 0.1) is 5.56 Å². The van der Waals surface area contributed by atoms with E-state index in [2.05, 4.69) is 10.3 Å². The molecular weight excluding hydrogens is 246 g/mol. The maximum absolute atomic E-state index is 11.1. The molecule has 6 heteroatoms. The maximum atomic E-state index is 11.1. The number of nitrogens with zero attached hydrogens (tertiary/aromatic N) is 2. The SMILES string of the molecule is CC(=O)NC1CCCN(c2cc(C(=O)O)ccn2)C1. The summed E-state index contributed by atoms with van der Waals surface area (Å²) in [4.78, 5) is 28.2. The highest BCUT2D eigenvalue weighted by molar-refractivity contribution is 5.88. The van der Waals surface area contributed by atoms with Gasteiger partial charge < -0.3 is 15.3 Å². The van der Waals surface area contributed by atoms with Gasteiger partial charge in [-0.3, -0.25) is 4.79 Å². The van der Waals surface area contributed by atoms with E-state index >= 15 is 0 Å². The lowest BCUT2D eigenvalue weighted by Crippen LogP contribution is -2.47. The monoisotopic (exact) mass is 263 g/mol. The number of carbonyl (C=O) groups is 2. The molecule has 6 nitrogen and oxygen atoms in total. The molecule has 102 valence electrons. The molecule has 1 fully saturated rings. The van der Waals surface area contributed by atoms with Crippen LogP contribution in [0.1, 0.15) is 30.1 Å². The van der Waals surface area contributed by atoms with Crippen LogP contribution in [-0.2, 0) is 4.79 Å². The number of hydrogen-bond acceptors (Lipinski definition) is 4. The zero-order valence-electron chi connectivity index (χ0n) is 10.8. The van der Waals surface area contributed by atoms with Gasteiger partial charge in [-0.05, 0) is 25.0 Å². The van der Waals surface area contributed by atoms with Gasteiger partial charge in [-0.25, -0.2) is 9.78 Å². The average molecular weight is 263 g/mol. The Balaban J connectivity index is 2.10. The molecule has 1 unspecified atom stereocenters. The number of nitrogens with one attached hydrogen (secondary N) is 1. The molecule has 0 aliphatic carbocycles. The van der Waals surface area contributed by atoms with Crippen LogP contribution < -0.4 is 10.2 Å². The molecule has 0 aromatic carbocycles. The predicted octanol–water partition coefficient (Wildman–Crippen LogP) is 0.885. The van der Waals surface area contributed by atoms with Gasteiger partial charge in [0.2, 0.25) is 5.91 Å². The van der Waals surface area contributed by atoms with E-state index in [9.17, 15) is 9.59 Å². The van der Waals surface area contributed by atoms with Gasteiger partial charge in [0, 0.05) is 32.3 Å². The van der Waals surface area contributed by atoms with Crippen molar-refractivity contribution in [2.24, 2.45) is 0 Å².